The molecule has 0 unspecified atom stereocenters. The fourth-order valence-corrected chi connectivity index (χ4v) is 1.63. The van der Waals surface area contributed by atoms with E-state index in [1.165, 1.54) is 23.9 Å². The molecule has 0 saturated carbocycles. The molecular formula is C12H14N2O4S. The maximum absolute atomic E-state index is 11.5. The SMILES string of the molecule is CSCC(=O)Nc1ccc(C(=O)NCC(=O)O)cc1. The molecule has 19 heavy (non-hydrogen) atoms. The summed E-state index contributed by atoms with van der Waals surface area (Å²) in [6, 6.07) is 6.22. The van der Waals surface area contributed by atoms with Crippen molar-refractivity contribution in [2.24, 2.45) is 0 Å². The maximum atomic E-state index is 11.5. The topological polar surface area (TPSA) is 95.5 Å². The zero-order valence-electron chi connectivity index (χ0n) is 10.3. The molecule has 0 saturated heterocycles. The minimum atomic E-state index is -1.10. The molecule has 0 bridgehead atoms. The zero-order chi connectivity index (χ0) is 14.3. The van der Waals surface area contributed by atoms with Gasteiger partial charge in [0.2, 0.25) is 5.91 Å². The van der Waals surface area contributed by atoms with Crippen molar-refractivity contribution in [3.63, 3.8) is 0 Å². The van der Waals surface area contributed by atoms with Crippen LogP contribution < -0.4 is 10.6 Å². The van der Waals surface area contributed by atoms with E-state index in [2.05, 4.69) is 10.6 Å². The molecule has 0 spiro atoms. The number of hydrogen-bond acceptors (Lipinski definition) is 4. The van der Waals surface area contributed by atoms with Crippen LogP contribution in [0.3, 0.4) is 0 Å². The third-order valence-electron chi connectivity index (χ3n) is 2.11. The summed E-state index contributed by atoms with van der Waals surface area (Å²) in [5, 5.41) is 13.4. The Morgan fingerprint density at radius 1 is 1.21 bits per heavy atom. The van der Waals surface area contributed by atoms with Gasteiger partial charge in [0.25, 0.3) is 5.91 Å². The van der Waals surface area contributed by atoms with Gasteiger partial charge in [-0.25, -0.2) is 0 Å². The van der Waals surface area contributed by atoms with E-state index in [-0.39, 0.29) is 5.91 Å². The molecule has 1 rings (SSSR count). The number of carboxylic acids is 1. The van der Waals surface area contributed by atoms with Gasteiger partial charge in [-0.1, -0.05) is 0 Å². The second-order valence-corrected chi connectivity index (χ2v) is 4.50. The molecule has 0 aliphatic rings. The van der Waals surface area contributed by atoms with Crippen LogP contribution in [0.4, 0.5) is 5.69 Å². The van der Waals surface area contributed by atoms with E-state index >= 15 is 0 Å². The van der Waals surface area contributed by atoms with Gasteiger partial charge in [0.05, 0.1) is 5.75 Å². The molecule has 1 aromatic rings. The van der Waals surface area contributed by atoms with Crippen LogP contribution in [0.5, 0.6) is 0 Å². The average molecular weight is 282 g/mol. The quantitative estimate of drug-likeness (QED) is 0.717. The molecule has 0 fully saturated rings. The standard InChI is InChI=1S/C12H14N2O4S/c1-19-7-10(15)14-9-4-2-8(3-5-9)12(18)13-6-11(16)17/h2-5H,6-7H2,1H3,(H,13,18)(H,14,15)(H,16,17). The number of carbonyl (C=O) groups excluding carboxylic acids is 2. The maximum Gasteiger partial charge on any atom is 0.322 e. The predicted octanol–water partition coefficient (Wildman–Crippen LogP) is 0.802. The van der Waals surface area contributed by atoms with Gasteiger partial charge in [0.15, 0.2) is 0 Å². The summed E-state index contributed by atoms with van der Waals surface area (Å²) in [5.74, 6) is -1.32. The predicted molar refractivity (Wildman–Crippen MR) is 73.4 cm³/mol. The largest absolute Gasteiger partial charge is 0.480 e. The minimum Gasteiger partial charge on any atom is -0.480 e. The fourth-order valence-electron chi connectivity index (χ4n) is 1.29. The van der Waals surface area contributed by atoms with Crippen LogP contribution in [0, 0.1) is 0 Å². The summed E-state index contributed by atoms with van der Waals surface area (Å²) in [6.07, 6.45) is 1.83. The molecule has 1 aromatic carbocycles. The molecule has 3 N–H and O–H groups in total. The van der Waals surface area contributed by atoms with E-state index in [1.54, 1.807) is 12.1 Å². The first kappa shape index (κ1) is 15.0. The van der Waals surface area contributed by atoms with Gasteiger partial charge in [-0.2, -0.15) is 11.8 Å². The molecule has 102 valence electrons. The van der Waals surface area contributed by atoms with E-state index in [0.717, 1.165) is 0 Å². The van der Waals surface area contributed by atoms with Gasteiger partial charge in [-0.3, -0.25) is 14.4 Å². The van der Waals surface area contributed by atoms with E-state index in [4.69, 9.17) is 5.11 Å². The number of thioether (sulfide) groups is 1. The first-order valence-electron chi connectivity index (χ1n) is 5.41. The number of benzene rings is 1. The third kappa shape index (κ3) is 5.43. The Kier molecular flexibility index (Phi) is 5.87. The van der Waals surface area contributed by atoms with E-state index in [1.807, 2.05) is 6.26 Å². The normalized spacial score (nSPS) is 9.74. The summed E-state index contributed by atoms with van der Waals surface area (Å²) in [7, 11) is 0. The highest BCUT2D eigenvalue weighted by molar-refractivity contribution is 7.99. The summed E-state index contributed by atoms with van der Waals surface area (Å²) >= 11 is 1.41. The molecule has 6 nitrogen and oxygen atoms in total. The molecule has 2 amide bonds. The lowest BCUT2D eigenvalue weighted by atomic mass is 10.2. The van der Waals surface area contributed by atoms with Gasteiger partial charge in [-0.15, -0.1) is 0 Å². The summed E-state index contributed by atoms with van der Waals surface area (Å²) in [5.41, 5.74) is 0.929. The lowest BCUT2D eigenvalue weighted by molar-refractivity contribution is -0.135. The van der Waals surface area contributed by atoms with Crippen LogP contribution >= 0.6 is 11.8 Å². The minimum absolute atomic E-state index is 0.115. The average Bonchev–Trinajstić information content (AvgIpc) is 2.37. The van der Waals surface area contributed by atoms with Gasteiger partial charge < -0.3 is 15.7 Å². The van der Waals surface area contributed by atoms with Gasteiger partial charge >= 0.3 is 5.97 Å². The Balaban J connectivity index is 2.58. The molecule has 0 aromatic heterocycles. The summed E-state index contributed by atoms with van der Waals surface area (Å²) in [4.78, 5) is 33.2. The van der Waals surface area contributed by atoms with Crippen LogP contribution in [0.25, 0.3) is 0 Å². The number of nitrogens with one attached hydrogen (secondary N) is 2. The highest BCUT2D eigenvalue weighted by Gasteiger charge is 2.07. The molecular weight excluding hydrogens is 268 g/mol. The van der Waals surface area contributed by atoms with E-state index in [0.29, 0.717) is 17.0 Å². The Bertz CT molecular complexity index is 473. The third-order valence-corrected chi connectivity index (χ3v) is 2.66. The summed E-state index contributed by atoms with van der Waals surface area (Å²) < 4.78 is 0. The van der Waals surface area contributed by atoms with Crippen LogP contribution in [0.2, 0.25) is 0 Å². The Morgan fingerprint density at radius 3 is 2.37 bits per heavy atom. The lowest BCUT2D eigenvalue weighted by Crippen LogP contribution is -2.29. The van der Waals surface area contributed by atoms with Crippen molar-refractivity contribution < 1.29 is 19.5 Å². The molecule has 0 aliphatic heterocycles. The van der Waals surface area contributed by atoms with Crippen molar-refractivity contribution in [3.05, 3.63) is 29.8 Å². The van der Waals surface area contributed by atoms with E-state index < -0.39 is 18.4 Å². The number of amides is 2. The number of carbonyl (C=O) groups is 3. The second kappa shape index (κ2) is 7.42. The zero-order valence-corrected chi connectivity index (χ0v) is 11.1. The molecule has 0 aliphatic carbocycles. The Hall–Kier alpha value is -2.02. The fraction of sp³-hybridized carbons (Fsp3) is 0.250. The molecule has 0 heterocycles. The first-order chi connectivity index (χ1) is 9.02. The number of rotatable bonds is 6. The highest BCUT2D eigenvalue weighted by atomic mass is 32.2. The number of anilines is 1. The number of carboxylic acid groups (broad SMARTS) is 1. The molecule has 0 radical (unpaired) electrons. The van der Waals surface area contributed by atoms with Gasteiger partial charge in [-0.05, 0) is 30.5 Å². The highest BCUT2D eigenvalue weighted by Crippen LogP contribution is 2.10. The van der Waals surface area contributed by atoms with Crippen LogP contribution in [-0.4, -0.2) is 41.4 Å². The van der Waals surface area contributed by atoms with Crippen molar-refractivity contribution >= 4 is 35.2 Å². The molecule has 0 atom stereocenters. The van der Waals surface area contributed by atoms with Crippen molar-refractivity contribution in [2.45, 2.75) is 0 Å². The smallest absolute Gasteiger partial charge is 0.322 e. The number of hydrogen-bond donors (Lipinski definition) is 3. The van der Waals surface area contributed by atoms with Crippen molar-refractivity contribution in [1.29, 1.82) is 0 Å². The van der Waals surface area contributed by atoms with Crippen molar-refractivity contribution in [2.75, 3.05) is 23.9 Å². The van der Waals surface area contributed by atoms with Gasteiger partial charge in [0.1, 0.15) is 6.54 Å². The van der Waals surface area contributed by atoms with E-state index in [9.17, 15) is 14.4 Å². The van der Waals surface area contributed by atoms with Crippen LogP contribution in [-0.2, 0) is 9.59 Å². The monoisotopic (exact) mass is 282 g/mol. The Labute approximate surface area is 114 Å². The van der Waals surface area contributed by atoms with Crippen molar-refractivity contribution in [3.8, 4) is 0 Å². The van der Waals surface area contributed by atoms with Gasteiger partial charge in [0, 0.05) is 11.3 Å². The molecule has 7 heteroatoms. The van der Waals surface area contributed by atoms with Crippen LogP contribution in [0.15, 0.2) is 24.3 Å². The lowest BCUT2D eigenvalue weighted by Gasteiger charge is -2.06. The number of aliphatic carboxylic acids is 1. The summed E-state index contributed by atoms with van der Waals surface area (Å²) in [6.45, 7) is -0.426. The Morgan fingerprint density at radius 2 is 1.84 bits per heavy atom. The van der Waals surface area contributed by atoms with Crippen LogP contribution in [0.1, 0.15) is 10.4 Å². The van der Waals surface area contributed by atoms with Crippen molar-refractivity contribution in [1.82, 2.24) is 5.32 Å². The second-order valence-electron chi connectivity index (χ2n) is 3.63. The first-order valence-corrected chi connectivity index (χ1v) is 6.81.